The van der Waals surface area contributed by atoms with Crippen LogP contribution in [0.2, 0.25) is 0 Å². The zero-order valence-corrected chi connectivity index (χ0v) is 13.6. The molecule has 6 heteroatoms. The second-order valence-electron chi connectivity index (χ2n) is 5.78. The van der Waals surface area contributed by atoms with E-state index in [4.69, 9.17) is 9.84 Å². The summed E-state index contributed by atoms with van der Waals surface area (Å²) in [4.78, 5) is 24.9. The van der Waals surface area contributed by atoms with Crippen LogP contribution in [0.25, 0.3) is 0 Å². The summed E-state index contributed by atoms with van der Waals surface area (Å²) in [6.07, 6.45) is 1.07. The molecule has 0 rings (SSSR count). The van der Waals surface area contributed by atoms with Crippen molar-refractivity contribution in [1.29, 1.82) is 0 Å². The summed E-state index contributed by atoms with van der Waals surface area (Å²) in [5, 5.41) is 11.6. The first kappa shape index (κ1) is 19.4. The van der Waals surface area contributed by atoms with Gasteiger partial charge in [0.05, 0.1) is 6.61 Å². The summed E-state index contributed by atoms with van der Waals surface area (Å²) in [5.74, 6) is -0.222. The Kier molecular flexibility index (Phi) is 8.69. The van der Waals surface area contributed by atoms with Crippen LogP contribution in [0.3, 0.4) is 0 Å². The third kappa shape index (κ3) is 9.07. The molecule has 0 saturated heterocycles. The molecule has 0 radical (unpaired) electrons. The predicted octanol–water partition coefficient (Wildman–Crippen LogP) is 1.69. The van der Waals surface area contributed by atoms with Crippen molar-refractivity contribution in [2.75, 3.05) is 26.2 Å². The fourth-order valence-corrected chi connectivity index (χ4v) is 1.63. The van der Waals surface area contributed by atoms with Gasteiger partial charge in [-0.1, -0.05) is 6.58 Å². The molecule has 0 bridgehead atoms. The first-order chi connectivity index (χ1) is 9.71. The summed E-state index contributed by atoms with van der Waals surface area (Å²) < 4.78 is 5.12. The minimum atomic E-state index is -0.500. The molecule has 0 atom stereocenters. The van der Waals surface area contributed by atoms with Gasteiger partial charge >= 0.3 is 6.09 Å². The van der Waals surface area contributed by atoms with E-state index in [1.165, 1.54) is 0 Å². The van der Waals surface area contributed by atoms with Crippen LogP contribution >= 0.6 is 0 Å². The smallest absolute Gasteiger partial charge is 0.407 e. The zero-order chi connectivity index (χ0) is 16.5. The minimum Gasteiger partial charge on any atom is -0.444 e. The lowest BCUT2D eigenvalue weighted by Crippen LogP contribution is -2.35. The van der Waals surface area contributed by atoms with Crippen molar-refractivity contribution < 1.29 is 19.4 Å². The number of amides is 2. The largest absolute Gasteiger partial charge is 0.444 e. The highest BCUT2D eigenvalue weighted by atomic mass is 16.6. The number of hydrogen-bond donors (Lipinski definition) is 2. The van der Waals surface area contributed by atoms with Gasteiger partial charge in [0, 0.05) is 25.2 Å². The van der Waals surface area contributed by atoms with Crippen molar-refractivity contribution in [2.24, 2.45) is 0 Å². The molecule has 0 fully saturated rings. The number of unbranched alkanes of at least 4 members (excludes halogenated alkanes) is 1. The number of aliphatic hydroxyl groups is 1. The maximum Gasteiger partial charge on any atom is 0.407 e. The van der Waals surface area contributed by atoms with Gasteiger partial charge < -0.3 is 20.1 Å². The highest BCUT2D eigenvalue weighted by molar-refractivity contribution is 5.92. The van der Waals surface area contributed by atoms with E-state index in [2.05, 4.69) is 11.9 Å². The van der Waals surface area contributed by atoms with Crippen molar-refractivity contribution in [3.63, 3.8) is 0 Å². The molecule has 0 aromatic carbocycles. The standard InChI is InChI=1S/C15H28N2O4/c1-6-17(13(19)12(2)11-18)10-8-7-9-16-14(20)21-15(3,4)5/h18H,2,6-11H2,1,3-5H3,(H,16,20). The molecule has 21 heavy (non-hydrogen) atoms. The normalized spacial score (nSPS) is 10.9. The Balaban J connectivity index is 3.90. The lowest BCUT2D eigenvalue weighted by Gasteiger charge is -2.22. The molecule has 0 aromatic heterocycles. The second-order valence-corrected chi connectivity index (χ2v) is 5.78. The molecule has 6 nitrogen and oxygen atoms in total. The van der Waals surface area contributed by atoms with Crippen LogP contribution < -0.4 is 5.32 Å². The van der Waals surface area contributed by atoms with Gasteiger partial charge in [-0.05, 0) is 40.5 Å². The molecule has 0 saturated carbocycles. The molecular weight excluding hydrogens is 272 g/mol. The number of carbonyl (C=O) groups is 2. The van der Waals surface area contributed by atoms with Crippen LogP contribution in [-0.2, 0) is 9.53 Å². The summed E-state index contributed by atoms with van der Waals surface area (Å²) in [5.41, 5.74) is -0.302. The number of ether oxygens (including phenoxy) is 1. The molecule has 0 aliphatic heterocycles. The van der Waals surface area contributed by atoms with Gasteiger partial charge in [-0.3, -0.25) is 4.79 Å². The van der Waals surface area contributed by atoms with Crippen LogP contribution in [0.4, 0.5) is 4.79 Å². The van der Waals surface area contributed by atoms with Crippen molar-refractivity contribution >= 4 is 12.0 Å². The Labute approximate surface area is 127 Å². The van der Waals surface area contributed by atoms with Crippen molar-refractivity contribution in [3.05, 3.63) is 12.2 Å². The van der Waals surface area contributed by atoms with Crippen LogP contribution in [0, 0.1) is 0 Å². The Morgan fingerprint density at radius 3 is 2.38 bits per heavy atom. The predicted molar refractivity (Wildman–Crippen MR) is 82.0 cm³/mol. The molecule has 0 heterocycles. The second kappa shape index (κ2) is 9.39. The summed E-state index contributed by atoms with van der Waals surface area (Å²) in [7, 11) is 0. The van der Waals surface area contributed by atoms with E-state index in [0.717, 1.165) is 12.8 Å². The van der Waals surface area contributed by atoms with Gasteiger partial charge in [0.1, 0.15) is 5.60 Å². The number of aliphatic hydroxyl groups excluding tert-OH is 1. The van der Waals surface area contributed by atoms with Gasteiger partial charge in [-0.2, -0.15) is 0 Å². The molecule has 122 valence electrons. The molecule has 2 amide bonds. The van der Waals surface area contributed by atoms with Gasteiger partial charge in [0.25, 0.3) is 5.91 Å². The van der Waals surface area contributed by atoms with Gasteiger partial charge in [-0.25, -0.2) is 4.79 Å². The molecule has 0 aliphatic carbocycles. The van der Waals surface area contributed by atoms with Crippen molar-refractivity contribution in [1.82, 2.24) is 10.2 Å². The Bertz CT molecular complexity index is 361. The fourth-order valence-electron chi connectivity index (χ4n) is 1.63. The maximum atomic E-state index is 11.8. The number of carbonyl (C=O) groups excluding carboxylic acids is 2. The van der Waals surface area contributed by atoms with Crippen LogP contribution in [0.5, 0.6) is 0 Å². The van der Waals surface area contributed by atoms with Crippen LogP contribution in [0.1, 0.15) is 40.5 Å². The first-order valence-corrected chi connectivity index (χ1v) is 7.26. The lowest BCUT2D eigenvalue weighted by molar-refractivity contribution is -0.127. The molecule has 0 aromatic rings. The topological polar surface area (TPSA) is 78.9 Å². The third-order valence-corrected chi connectivity index (χ3v) is 2.69. The van der Waals surface area contributed by atoms with E-state index < -0.39 is 11.7 Å². The fraction of sp³-hybridized carbons (Fsp3) is 0.733. The van der Waals surface area contributed by atoms with Gasteiger partial charge in [-0.15, -0.1) is 0 Å². The highest BCUT2D eigenvalue weighted by Gasteiger charge is 2.16. The van der Waals surface area contributed by atoms with Gasteiger partial charge in [0.2, 0.25) is 0 Å². The maximum absolute atomic E-state index is 11.8. The summed E-state index contributed by atoms with van der Waals surface area (Å²) in [6, 6.07) is 0. The molecule has 0 aliphatic rings. The Hall–Kier alpha value is -1.56. The number of nitrogens with zero attached hydrogens (tertiary/aromatic N) is 1. The first-order valence-electron chi connectivity index (χ1n) is 7.26. The number of likely N-dealkylation sites (N-methyl/N-ethyl adjacent to an activating group) is 1. The molecular formula is C15H28N2O4. The SMILES string of the molecule is C=C(CO)C(=O)N(CC)CCCCNC(=O)OC(C)(C)C. The van der Waals surface area contributed by atoms with E-state index in [-0.39, 0.29) is 18.1 Å². The molecule has 0 unspecified atom stereocenters. The number of rotatable bonds is 8. The van der Waals surface area contributed by atoms with Crippen molar-refractivity contribution in [3.8, 4) is 0 Å². The summed E-state index contributed by atoms with van der Waals surface area (Å²) >= 11 is 0. The third-order valence-electron chi connectivity index (χ3n) is 2.69. The number of hydrogen-bond acceptors (Lipinski definition) is 4. The lowest BCUT2D eigenvalue weighted by atomic mass is 10.2. The Morgan fingerprint density at radius 1 is 1.29 bits per heavy atom. The van der Waals surface area contributed by atoms with Gasteiger partial charge in [0.15, 0.2) is 0 Å². The van der Waals surface area contributed by atoms with E-state index in [1.807, 2.05) is 27.7 Å². The monoisotopic (exact) mass is 300 g/mol. The highest BCUT2D eigenvalue weighted by Crippen LogP contribution is 2.06. The zero-order valence-electron chi connectivity index (χ0n) is 13.6. The Morgan fingerprint density at radius 2 is 1.90 bits per heavy atom. The quantitative estimate of drug-likeness (QED) is 0.528. The average molecular weight is 300 g/mol. The van der Waals surface area contributed by atoms with E-state index in [1.54, 1.807) is 4.90 Å². The van der Waals surface area contributed by atoms with E-state index >= 15 is 0 Å². The number of nitrogens with one attached hydrogen (secondary N) is 1. The molecule has 0 spiro atoms. The van der Waals surface area contributed by atoms with Crippen LogP contribution in [-0.4, -0.2) is 53.8 Å². The molecule has 2 N–H and O–H groups in total. The van der Waals surface area contributed by atoms with Crippen LogP contribution in [0.15, 0.2) is 12.2 Å². The summed E-state index contributed by atoms with van der Waals surface area (Å²) in [6.45, 7) is 12.2. The average Bonchev–Trinajstić information content (AvgIpc) is 2.39. The van der Waals surface area contributed by atoms with Crippen molar-refractivity contribution in [2.45, 2.75) is 46.1 Å². The van der Waals surface area contributed by atoms with E-state index in [9.17, 15) is 9.59 Å². The van der Waals surface area contributed by atoms with E-state index in [0.29, 0.717) is 19.6 Å². The number of alkyl carbamates (subject to hydrolysis) is 1. The minimum absolute atomic E-state index is 0.198.